The first-order valence-electron chi connectivity index (χ1n) is 10.2. The SMILES string of the molecule is Cc1nc2c(-c3ccccc3)c(C(F)(F)F)[nH]n2c(=O)c1-c1nc2c(OCC(N)=O)cccc2o1. The summed E-state index contributed by atoms with van der Waals surface area (Å²) >= 11 is 0. The second-order valence-corrected chi connectivity index (χ2v) is 7.64. The molecule has 0 aliphatic heterocycles. The molecule has 178 valence electrons. The van der Waals surface area contributed by atoms with Gasteiger partial charge in [-0.05, 0) is 24.6 Å². The minimum absolute atomic E-state index is 0.117. The lowest BCUT2D eigenvalue weighted by atomic mass is 10.1. The highest BCUT2D eigenvalue weighted by Crippen LogP contribution is 2.38. The molecule has 0 atom stereocenters. The van der Waals surface area contributed by atoms with E-state index >= 15 is 0 Å². The largest absolute Gasteiger partial charge is 0.481 e. The fourth-order valence-corrected chi connectivity index (χ4v) is 3.80. The number of amides is 1. The van der Waals surface area contributed by atoms with Gasteiger partial charge in [0.2, 0.25) is 5.89 Å². The van der Waals surface area contributed by atoms with Crippen LogP contribution in [0, 0.1) is 6.92 Å². The maximum atomic E-state index is 13.9. The summed E-state index contributed by atoms with van der Waals surface area (Å²) < 4.78 is 53.4. The van der Waals surface area contributed by atoms with Gasteiger partial charge in [0.15, 0.2) is 23.4 Å². The van der Waals surface area contributed by atoms with Crippen LogP contribution in [0.5, 0.6) is 5.75 Å². The predicted octanol–water partition coefficient (Wildman–Crippen LogP) is 3.69. The molecule has 0 unspecified atom stereocenters. The minimum Gasteiger partial charge on any atom is -0.481 e. The van der Waals surface area contributed by atoms with Crippen LogP contribution in [0.3, 0.4) is 0 Å². The number of aromatic amines is 1. The first-order valence-corrected chi connectivity index (χ1v) is 10.2. The number of nitrogens with zero attached hydrogens (tertiary/aromatic N) is 3. The number of carbonyl (C=O) groups excluding carboxylic acids is 1. The molecule has 0 saturated carbocycles. The van der Waals surface area contributed by atoms with E-state index in [0.29, 0.717) is 0 Å². The Morgan fingerprint density at radius 1 is 1.11 bits per heavy atom. The summed E-state index contributed by atoms with van der Waals surface area (Å²) in [6.07, 6.45) is -4.77. The number of hydrogen-bond donors (Lipinski definition) is 2. The van der Waals surface area contributed by atoms with Crippen LogP contribution in [0.1, 0.15) is 11.4 Å². The minimum atomic E-state index is -4.77. The fourth-order valence-electron chi connectivity index (χ4n) is 3.80. The first kappa shape index (κ1) is 22.2. The number of primary amides is 1. The molecule has 3 N–H and O–H groups in total. The van der Waals surface area contributed by atoms with Gasteiger partial charge in [-0.15, -0.1) is 0 Å². The predicted molar refractivity (Wildman–Crippen MR) is 119 cm³/mol. The normalized spacial score (nSPS) is 11.9. The molecule has 0 aliphatic carbocycles. The number of oxazole rings is 1. The van der Waals surface area contributed by atoms with E-state index in [2.05, 4.69) is 15.1 Å². The van der Waals surface area contributed by atoms with Crippen molar-refractivity contribution in [2.75, 3.05) is 6.61 Å². The van der Waals surface area contributed by atoms with E-state index in [1.165, 1.54) is 25.1 Å². The van der Waals surface area contributed by atoms with Gasteiger partial charge >= 0.3 is 6.18 Å². The lowest BCUT2D eigenvalue weighted by Gasteiger charge is -2.07. The van der Waals surface area contributed by atoms with Gasteiger partial charge in [-0.2, -0.15) is 17.7 Å². The zero-order chi connectivity index (χ0) is 24.9. The van der Waals surface area contributed by atoms with Crippen molar-refractivity contribution in [3.63, 3.8) is 0 Å². The number of carbonyl (C=O) groups is 1. The first-order chi connectivity index (χ1) is 16.6. The van der Waals surface area contributed by atoms with Gasteiger partial charge in [-0.1, -0.05) is 36.4 Å². The number of H-pyrrole nitrogens is 1. The van der Waals surface area contributed by atoms with Crippen LogP contribution in [0.2, 0.25) is 0 Å². The number of ether oxygens (including phenoxy) is 1. The molecule has 0 radical (unpaired) electrons. The van der Waals surface area contributed by atoms with Gasteiger partial charge in [0.1, 0.15) is 17.0 Å². The fraction of sp³-hybridized carbons (Fsp3) is 0.130. The summed E-state index contributed by atoms with van der Waals surface area (Å²) in [6.45, 7) is 1.08. The Labute approximate surface area is 193 Å². The molecule has 3 heterocycles. The van der Waals surface area contributed by atoms with E-state index in [1.54, 1.807) is 30.3 Å². The molecule has 35 heavy (non-hydrogen) atoms. The van der Waals surface area contributed by atoms with Crippen molar-refractivity contribution in [1.82, 2.24) is 19.6 Å². The molecular formula is C23H16F3N5O4. The van der Waals surface area contributed by atoms with Crippen LogP contribution in [0.25, 0.3) is 39.3 Å². The van der Waals surface area contributed by atoms with E-state index in [1.807, 2.05) is 0 Å². The van der Waals surface area contributed by atoms with Gasteiger partial charge in [-0.25, -0.2) is 9.97 Å². The lowest BCUT2D eigenvalue weighted by molar-refractivity contribution is -0.140. The molecule has 0 saturated heterocycles. The highest BCUT2D eigenvalue weighted by atomic mass is 19.4. The number of alkyl halides is 3. The Morgan fingerprint density at radius 2 is 1.86 bits per heavy atom. The quantitative estimate of drug-likeness (QED) is 0.392. The van der Waals surface area contributed by atoms with Crippen LogP contribution < -0.4 is 16.0 Å². The molecule has 0 spiro atoms. The number of nitrogens with one attached hydrogen (secondary N) is 1. The number of benzene rings is 2. The summed E-state index contributed by atoms with van der Waals surface area (Å²) in [4.78, 5) is 33.1. The summed E-state index contributed by atoms with van der Waals surface area (Å²) in [5.41, 5.74) is 3.43. The van der Waals surface area contributed by atoms with Crippen molar-refractivity contribution >= 4 is 22.7 Å². The number of aryl methyl sites for hydroxylation is 1. The van der Waals surface area contributed by atoms with Crippen LogP contribution in [-0.4, -0.2) is 32.1 Å². The number of aromatic nitrogens is 4. The van der Waals surface area contributed by atoms with Crippen LogP contribution in [0.15, 0.2) is 57.7 Å². The smallest absolute Gasteiger partial charge is 0.433 e. The van der Waals surface area contributed by atoms with Gasteiger partial charge in [0, 0.05) is 0 Å². The molecule has 0 aliphatic rings. The zero-order valence-electron chi connectivity index (χ0n) is 18.0. The summed E-state index contributed by atoms with van der Waals surface area (Å²) in [5, 5.41) is 2.16. The zero-order valence-corrected chi connectivity index (χ0v) is 18.0. The Hall–Kier alpha value is -4.61. The standard InChI is InChI=1S/C23H16F3N5O4/c1-11-16(21-29-18-13(34-10-15(27)32)8-5-9-14(18)35-21)22(33)31-20(28-11)17(12-6-3-2-4-7-12)19(30-31)23(24,25)26/h2-9,30H,10H2,1H3,(H2,27,32). The van der Waals surface area contributed by atoms with E-state index in [4.69, 9.17) is 14.9 Å². The Balaban J connectivity index is 1.74. The van der Waals surface area contributed by atoms with E-state index in [-0.39, 0.29) is 50.8 Å². The second kappa shape index (κ2) is 8.01. The number of nitrogens with two attached hydrogens (primary N) is 1. The molecule has 5 aromatic rings. The third-order valence-electron chi connectivity index (χ3n) is 5.27. The van der Waals surface area contributed by atoms with Crippen molar-refractivity contribution < 1.29 is 27.1 Å². The molecule has 3 aromatic heterocycles. The Kier molecular flexibility index (Phi) is 5.08. The van der Waals surface area contributed by atoms with E-state index in [9.17, 15) is 22.8 Å². The molecule has 2 aromatic carbocycles. The van der Waals surface area contributed by atoms with Crippen LogP contribution in [-0.2, 0) is 11.0 Å². The molecule has 12 heteroatoms. The van der Waals surface area contributed by atoms with Gasteiger partial charge in [0.05, 0.1) is 11.3 Å². The van der Waals surface area contributed by atoms with E-state index < -0.39 is 29.9 Å². The van der Waals surface area contributed by atoms with Gasteiger partial charge < -0.3 is 14.9 Å². The van der Waals surface area contributed by atoms with Crippen molar-refractivity contribution in [2.24, 2.45) is 5.73 Å². The highest BCUT2D eigenvalue weighted by Gasteiger charge is 2.38. The molecular weight excluding hydrogens is 467 g/mol. The van der Waals surface area contributed by atoms with Crippen molar-refractivity contribution in [2.45, 2.75) is 13.1 Å². The third-order valence-corrected chi connectivity index (χ3v) is 5.27. The number of rotatable bonds is 5. The summed E-state index contributed by atoms with van der Waals surface area (Å²) in [5.74, 6) is -0.673. The monoisotopic (exact) mass is 483 g/mol. The third kappa shape index (κ3) is 3.78. The lowest BCUT2D eigenvalue weighted by Crippen LogP contribution is -2.20. The van der Waals surface area contributed by atoms with Crippen molar-refractivity contribution in [3.8, 4) is 28.3 Å². The maximum absolute atomic E-state index is 13.9. The molecule has 1 amide bonds. The molecule has 0 bridgehead atoms. The average Bonchev–Trinajstić information content (AvgIpc) is 3.40. The van der Waals surface area contributed by atoms with Crippen molar-refractivity contribution in [3.05, 3.63) is 70.3 Å². The Bertz CT molecular complexity index is 1650. The van der Waals surface area contributed by atoms with Crippen LogP contribution >= 0.6 is 0 Å². The molecule has 0 fully saturated rings. The topological polar surface area (TPSA) is 129 Å². The second-order valence-electron chi connectivity index (χ2n) is 7.64. The van der Waals surface area contributed by atoms with Crippen molar-refractivity contribution in [1.29, 1.82) is 0 Å². The van der Waals surface area contributed by atoms with Gasteiger partial charge in [-0.3, -0.25) is 14.7 Å². The highest BCUT2D eigenvalue weighted by molar-refractivity contribution is 5.84. The Morgan fingerprint density at radius 3 is 2.54 bits per heavy atom. The average molecular weight is 483 g/mol. The van der Waals surface area contributed by atoms with E-state index in [0.717, 1.165) is 4.52 Å². The summed E-state index contributed by atoms with van der Waals surface area (Å²) in [6, 6.07) is 12.5. The van der Waals surface area contributed by atoms with Crippen LogP contribution in [0.4, 0.5) is 13.2 Å². The molecule has 5 rings (SSSR count). The summed E-state index contributed by atoms with van der Waals surface area (Å²) in [7, 11) is 0. The number of fused-ring (bicyclic) bond motifs is 2. The van der Waals surface area contributed by atoms with Gasteiger partial charge in [0.25, 0.3) is 11.5 Å². The maximum Gasteiger partial charge on any atom is 0.433 e. The molecule has 9 nitrogen and oxygen atoms in total. The number of hydrogen-bond acceptors (Lipinski definition) is 6. The number of para-hydroxylation sites is 1. The number of halogens is 3.